The number of hydrogen-bond donors (Lipinski definition) is 2. The molecule has 0 fully saturated rings. The Bertz CT molecular complexity index is 1540. The van der Waals surface area contributed by atoms with Gasteiger partial charge in [-0.3, -0.25) is 14.0 Å². The Kier molecular flexibility index (Phi) is 6.66. The number of thiazole rings is 1. The van der Waals surface area contributed by atoms with Gasteiger partial charge in [-0.1, -0.05) is 17.4 Å². The molecule has 2 heterocycles. The fraction of sp³-hybridized carbons (Fsp3) is 0.217. The molecule has 34 heavy (non-hydrogen) atoms. The number of methoxy groups -OCH3 is 3. The molecule has 176 valence electrons. The molecule has 2 aromatic heterocycles. The number of fused-ring (bicyclic) bond motifs is 3. The molecule has 11 heteroatoms. The lowest BCUT2D eigenvalue weighted by Crippen LogP contribution is -2.25. The molecule has 2 aromatic carbocycles. The van der Waals surface area contributed by atoms with E-state index in [0.29, 0.717) is 39.3 Å². The van der Waals surface area contributed by atoms with Crippen LogP contribution in [0.4, 0.5) is 0 Å². The third kappa shape index (κ3) is 4.27. The molecule has 0 radical (unpaired) electrons. The number of esters is 1. The number of H-pyrrole nitrogens is 1. The number of nitrogens with one attached hydrogen (secondary N) is 2. The van der Waals surface area contributed by atoms with Crippen molar-refractivity contribution in [2.75, 3.05) is 27.9 Å². The normalized spacial score (nSPS) is 10.9. The van der Waals surface area contributed by atoms with Gasteiger partial charge in [0.25, 0.3) is 11.5 Å². The predicted molar refractivity (Wildman–Crippen MR) is 131 cm³/mol. The Morgan fingerprint density at radius 2 is 1.85 bits per heavy atom. The van der Waals surface area contributed by atoms with Crippen molar-refractivity contribution >= 4 is 52.0 Å². The maximum absolute atomic E-state index is 13.0. The Morgan fingerprint density at radius 1 is 1.09 bits per heavy atom. The third-order valence-electron chi connectivity index (χ3n) is 5.30. The number of rotatable bonds is 7. The van der Waals surface area contributed by atoms with E-state index in [9.17, 15) is 14.4 Å². The van der Waals surface area contributed by atoms with Crippen molar-refractivity contribution in [1.82, 2.24) is 14.7 Å². The van der Waals surface area contributed by atoms with Crippen LogP contribution in [0, 0.1) is 3.95 Å². The third-order valence-corrected chi connectivity index (χ3v) is 6.67. The molecule has 2 N–H and O–H groups in total. The summed E-state index contributed by atoms with van der Waals surface area (Å²) in [5.74, 6) is 0.337. The zero-order valence-corrected chi connectivity index (χ0v) is 20.2. The monoisotopic (exact) mass is 499 g/mol. The second kappa shape index (κ2) is 9.65. The summed E-state index contributed by atoms with van der Waals surface area (Å²) in [5.41, 5.74) is 1.54. The van der Waals surface area contributed by atoms with Crippen molar-refractivity contribution in [2.45, 2.75) is 6.42 Å². The highest BCUT2D eigenvalue weighted by atomic mass is 32.1. The second-order valence-corrected chi connectivity index (χ2v) is 8.90. The molecule has 0 saturated heterocycles. The first-order valence-electron chi connectivity index (χ1n) is 10.2. The van der Waals surface area contributed by atoms with Crippen LogP contribution in [0.5, 0.6) is 11.5 Å². The van der Waals surface area contributed by atoms with Crippen molar-refractivity contribution in [3.8, 4) is 11.5 Å². The van der Waals surface area contributed by atoms with E-state index in [2.05, 4.69) is 10.3 Å². The van der Waals surface area contributed by atoms with Gasteiger partial charge >= 0.3 is 5.97 Å². The minimum atomic E-state index is -0.537. The Hall–Kier alpha value is -3.70. The minimum absolute atomic E-state index is 0.274. The van der Waals surface area contributed by atoms with Crippen LogP contribution in [0.3, 0.4) is 0 Å². The van der Waals surface area contributed by atoms with Crippen LogP contribution in [0.15, 0.2) is 41.2 Å². The maximum atomic E-state index is 13.0. The largest absolute Gasteiger partial charge is 0.493 e. The lowest BCUT2D eigenvalue weighted by molar-refractivity contribution is 0.0600. The molecule has 0 bridgehead atoms. The van der Waals surface area contributed by atoms with Crippen LogP contribution < -0.4 is 20.3 Å². The van der Waals surface area contributed by atoms with Crippen LogP contribution in [-0.2, 0) is 11.2 Å². The first-order valence-corrected chi connectivity index (χ1v) is 11.4. The number of nitrogens with zero attached hydrogens (tertiary/aromatic N) is 1. The molecule has 0 aliphatic rings. The van der Waals surface area contributed by atoms with Crippen molar-refractivity contribution in [3.05, 3.63) is 66.7 Å². The van der Waals surface area contributed by atoms with Crippen LogP contribution in [0.1, 0.15) is 25.6 Å². The Labute approximate surface area is 202 Å². The number of hydrogen-bond acceptors (Lipinski definition) is 8. The molecule has 0 aliphatic heterocycles. The summed E-state index contributed by atoms with van der Waals surface area (Å²) in [6.45, 7) is 0.357. The zero-order valence-electron chi connectivity index (χ0n) is 18.6. The van der Waals surface area contributed by atoms with Gasteiger partial charge in [0, 0.05) is 6.54 Å². The van der Waals surface area contributed by atoms with E-state index in [0.717, 1.165) is 16.9 Å². The number of aromatic nitrogens is 2. The average Bonchev–Trinajstić information content (AvgIpc) is 3.19. The molecule has 4 rings (SSSR count). The van der Waals surface area contributed by atoms with E-state index >= 15 is 0 Å². The summed E-state index contributed by atoms with van der Waals surface area (Å²) in [7, 11) is 4.41. The van der Waals surface area contributed by atoms with Gasteiger partial charge in [0.2, 0.25) is 0 Å². The molecule has 1 amide bonds. The lowest BCUT2D eigenvalue weighted by Gasteiger charge is -2.10. The first kappa shape index (κ1) is 23.5. The quantitative estimate of drug-likeness (QED) is 0.296. The van der Waals surface area contributed by atoms with E-state index in [1.54, 1.807) is 24.7 Å². The summed E-state index contributed by atoms with van der Waals surface area (Å²) < 4.78 is 17.3. The maximum Gasteiger partial charge on any atom is 0.337 e. The van der Waals surface area contributed by atoms with Crippen LogP contribution in [0.25, 0.3) is 16.6 Å². The first-order chi connectivity index (χ1) is 16.4. The van der Waals surface area contributed by atoms with Crippen molar-refractivity contribution in [2.24, 2.45) is 0 Å². The molecule has 0 saturated carbocycles. The van der Waals surface area contributed by atoms with Crippen LogP contribution in [0.2, 0.25) is 0 Å². The van der Waals surface area contributed by atoms with Crippen LogP contribution >= 0.6 is 23.6 Å². The van der Waals surface area contributed by atoms with Gasteiger partial charge in [-0.05, 0) is 54.5 Å². The van der Waals surface area contributed by atoms with Gasteiger partial charge in [0.05, 0.1) is 37.8 Å². The molecule has 0 unspecified atom stereocenters. The van der Waals surface area contributed by atoms with E-state index in [1.165, 1.54) is 25.3 Å². The van der Waals surface area contributed by atoms with Crippen molar-refractivity contribution in [1.29, 1.82) is 0 Å². The molecule has 0 spiro atoms. The van der Waals surface area contributed by atoms with Crippen molar-refractivity contribution < 1.29 is 23.8 Å². The summed E-state index contributed by atoms with van der Waals surface area (Å²) in [5, 5.41) is 3.21. The van der Waals surface area contributed by atoms with Gasteiger partial charge in [0.15, 0.2) is 15.5 Å². The number of carbonyl (C=O) groups is 2. The van der Waals surface area contributed by atoms with Crippen LogP contribution in [-0.4, -0.2) is 49.1 Å². The molecule has 0 aliphatic carbocycles. The highest BCUT2D eigenvalue weighted by Crippen LogP contribution is 2.28. The number of amides is 1. The summed E-state index contributed by atoms with van der Waals surface area (Å²) in [6.07, 6.45) is 0.561. The van der Waals surface area contributed by atoms with E-state index in [1.807, 2.05) is 12.1 Å². The molecule has 0 atom stereocenters. The average molecular weight is 500 g/mol. The Morgan fingerprint density at radius 3 is 2.56 bits per heavy atom. The summed E-state index contributed by atoms with van der Waals surface area (Å²) >= 11 is 6.56. The number of aromatic amines is 1. The fourth-order valence-corrected chi connectivity index (χ4v) is 4.92. The predicted octanol–water partition coefficient (Wildman–Crippen LogP) is 3.35. The topological polar surface area (TPSA) is 111 Å². The smallest absolute Gasteiger partial charge is 0.337 e. The fourth-order valence-electron chi connectivity index (χ4n) is 3.62. The second-order valence-electron chi connectivity index (χ2n) is 7.25. The number of ether oxygens (including phenoxy) is 3. The Balaban J connectivity index is 1.63. The summed E-state index contributed by atoms with van der Waals surface area (Å²) in [4.78, 5) is 40.6. The number of benzene rings is 2. The molecular weight excluding hydrogens is 478 g/mol. The number of carbonyl (C=O) groups excluding carboxylic acids is 2. The minimum Gasteiger partial charge on any atom is -0.493 e. The highest BCUT2D eigenvalue weighted by molar-refractivity contribution is 7.73. The van der Waals surface area contributed by atoms with E-state index in [-0.39, 0.29) is 22.0 Å². The standard InChI is InChI=1S/C23H21N3O6S2/c1-30-16-7-4-12(10-17(16)31-2)8-9-24-21(28)18-19-25-20(27)14-6-5-13(22(29)32-3)11-15(14)26(19)23(33)34-18/h4-7,10-11H,8-9H2,1-3H3,(H,24,28)(H,25,27). The van der Waals surface area contributed by atoms with E-state index < -0.39 is 11.5 Å². The van der Waals surface area contributed by atoms with Gasteiger partial charge in [-0.25, -0.2) is 4.79 Å². The molecule has 4 aromatic rings. The molecule has 9 nitrogen and oxygen atoms in total. The van der Waals surface area contributed by atoms with Gasteiger partial charge < -0.3 is 24.5 Å². The van der Waals surface area contributed by atoms with Gasteiger partial charge in [-0.15, -0.1) is 0 Å². The van der Waals surface area contributed by atoms with Crippen molar-refractivity contribution in [3.63, 3.8) is 0 Å². The molecular formula is C23H21N3O6S2. The zero-order chi connectivity index (χ0) is 24.4. The summed E-state index contributed by atoms with van der Waals surface area (Å²) in [6, 6.07) is 10.1. The SMILES string of the molecule is COC(=O)c1ccc2c(=O)[nH]c3c(C(=O)NCCc4ccc(OC)c(OC)c4)sc(=S)n3c2c1. The highest BCUT2D eigenvalue weighted by Gasteiger charge is 2.19. The van der Waals surface area contributed by atoms with E-state index in [4.69, 9.17) is 26.4 Å². The van der Waals surface area contributed by atoms with Gasteiger partial charge in [0.1, 0.15) is 10.5 Å². The van der Waals surface area contributed by atoms with Gasteiger partial charge in [-0.2, -0.15) is 0 Å². The lowest BCUT2D eigenvalue weighted by atomic mass is 10.1.